The number of aryl methyl sites for hydroxylation is 1. The number of Topliss-reactive ketones (excluding diaryl/α,β-unsaturated/α-hetero) is 1. The number of hydrogen-bond donors (Lipinski definition) is 1. The highest BCUT2D eigenvalue weighted by Gasteiger charge is 2.37. The van der Waals surface area contributed by atoms with E-state index in [9.17, 15) is 9.90 Å². The van der Waals surface area contributed by atoms with E-state index in [2.05, 4.69) is 0 Å². The van der Waals surface area contributed by atoms with E-state index in [1.165, 1.54) is 0 Å². The van der Waals surface area contributed by atoms with E-state index < -0.39 is 5.60 Å². The molecule has 0 bridgehead atoms. The molecular formula is C14H18O2. The largest absolute Gasteiger partial charge is 0.382 e. The first-order valence-electron chi connectivity index (χ1n) is 5.96. The molecule has 0 atom stereocenters. The van der Waals surface area contributed by atoms with Gasteiger partial charge in [0.05, 0.1) is 0 Å². The van der Waals surface area contributed by atoms with Gasteiger partial charge in [0.25, 0.3) is 0 Å². The maximum absolute atomic E-state index is 12.2. The number of hydrogen-bond acceptors (Lipinski definition) is 2. The molecule has 1 aromatic rings. The molecule has 0 aliphatic heterocycles. The smallest absolute Gasteiger partial charge is 0.194 e. The molecule has 1 N–H and O–H groups in total. The Labute approximate surface area is 96.3 Å². The van der Waals surface area contributed by atoms with Crippen molar-refractivity contribution in [2.24, 2.45) is 0 Å². The van der Waals surface area contributed by atoms with Gasteiger partial charge in [0.2, 0.25) is 0 Å². The van der Waals surface area contributed by atoms with E-state index >= 15 is 0 Å². The van der Waals surface area contributed by atoms with E-state index in [0.717, 1.165) is 24.8 Å². The normalized spacial score (nSPS) is 19.4. The van der Waals surface area contributed by atoms with Crippen LogP contribution in [0.2, 0.25) is 0 Å². The zero-order chi connectivity index (χ0) is 11.6. The third-order valence-corrected chi connectivity index (χ3v) is 3.38. The fraction of sp³-hybridized carbons (Fsp3) is 0.500. The SMILES string of the molecule is Cc1cccc(C(=O)C2(O)CCCCC2)c1. The predicted octanol–water partition coefficient (Wildman–Crippen LogP) is 2.87. The Kier molecular flexibility index (Phi) is 3.10. The van der Waals surface area contributed by atoms with Crippen LogP contribution in [0.4, 0.5) is 0 Å². The summed E-state index contributed by atoms with van der Waals surface area (Å²) in [6, 6.07) is 7.48. The highest BCUT2D eigenvalue weighted by atomic mass is 16.3. The lowest BCUT2D eigenvalue weighted by Crippen LogP contribution is -2.40. The van der Waals surface area contributed by atoms with Gasteiger partial charge < -0.3 is 5.11 Å². The minimum atomic E-state index is -1.11. The fourth-order valence-electron chi connectivity index (χ4n) is 2.42. The van der Waals surface area contributed by atoms with Crippen LogP contribution in [-0.2, 0) is 0 Å². The number of rotatable bonds is 2. The Hall–Kier alpha value is -1.15. The molecule has 0 aromatic heterocycles. The summed E-state index contributed by atoms with van der Waals surface area (Å²) in [5.74, 6) is -0.101. The summed E-state index contributed by atoms with van der Waals surface area (Å²) in [5, 5.41) is 10.3. The monoisotopic (exact) mass is 218 g/mol. The van der Waals surface area contributed by atoms with Gasteiger partial charge in [-0.3, -0.25) is 4.79 Å². The molecule has 1 aliphatic carbocycles. The summed E-state index contributed by atoms with van der Waals surface area (Å²) in [7, 11) is 0. The highest BCUT2D eigenvalue weighted by molar-refractivity contribution is 6.02. The average Bonchev–Trinajstić information content (AvgIpc) is 2.29. The molecular weight excluding hydrogens is 200 g/mol. The molecule has 16 heavy (non-hydrogen) atoms. The molecule has 0 saturated heterocycles. The second kappa shape index (κ2) is 4.38. The van der Waals surface area contributed by atoms with Crippen LogP contribution < -0.4 is 0 Å². The lowest BCUT2D eigenvalue weighted by Gasteiger charge is -2.30. The minimum Gasteiger partial charge on any atom is -0.382 e. The molecule has 86 valence electrons. The van der Waals surface area contributed by atoms with Crippen LogP contribution in [-0.4, -0.2) is 16.5 Å². The van der Waals surface area contributed by atoms with E-state index in [4.69, 9.17) is 0 Å². The third-order valence-electron chi connectivity index (χ3n) is 3.38. The second-order valence-electron chi connectivity index (χ2n) is 4.79. The van der Waals surface area contributed by atoms with Crippen LogP contribution in [0.25, 0.3) is 0 Å². The summed E-state index contributed by atoms with van der Waals surface area (Å²) in [6.07, 6.45) is 4.26. The molecule has 0 amide bonds. The van der Waals surface area contributed by atoms with Crippen molar-refractivity contribution >= 4 is 5.78 Å². The summed E-state index contributed by atoms with van der Waals surface area (Å²) in [6.45, 7) is 1.96. The van der Waals surface area contributed by atoms with E-state index in [-0.39, 0.29) is 5.78 Å². The first-order valence-corrected chi connectivity index (χ1v) is 5.96. The quantitative estimate of drug-likeness (QED) is 0.775. The van der Waals surface area contributed by atoms with Crippen LogP contribution in [0.5, 0.6) is 0 Å². The Bertz CT molecular complexity index is 389. The summed E-state index contributed by atoms with van der Waals surface area (Å²) in [4.78, 5) is 12.2. The molecule has 1 aromatic carbocycles. The van der Waals surface area contributed by atoms with E-state index in [0.29, 0.717) is 18.4 Å². The van der Waals surface area contributed by atoms with Crippen LogP contribution in [0.1, 0.15) is 48.0 Å². The van der Waals surface area contributed by atoms with Crippen molar-refractivity contribution in [3.05, 3.63) is 35.4 Å². The molecule has 2 rings (SSSR count). The Morgan fingerprint density at radius 3 is 2.56 bits per heavy atom. The van der Waals surface area contributed by atoms with Gasteiger partial charge in [0.1, 0.15) is 5.60 Å². The molecule has 1 aliphatic rings. The van der Waals surface area contributed by atoms with Crippen LogP contribution in [0.3, 0.4) is 0 Å². The van der Waals surface area contributed by atoms with E-state index in [1.807, 2.05) is 25.1 Å². The van der Waals surface area contributed by atoms with Gasteiger partial charge >= 0.3 is 0 Å². The van der Waals surface area contributed by atoms with Crippen molar-refractivity contribution in [1.82, 2.24) is 0 Å². The van der Waals surface area contributed by atoms with Gasteiger partial charge in [0, 0.05) is 5.56 Å². The van der Waals surface area contributed by atoms with Crippen molar-refractivity contribution < 1.29 is 9.90 Å². The molecule has 1 saturated carbocycles. The van der Waals surface area contributed by atoms with Gasteiger partial charge in [-0.15, -0.1) is 0 Å². The molecule has 0 unspecified atom stereocenters. The van der Waals surface area contributed by atoms with Crippen LogP contribution in [0.15, 0.2) is 24.3 Å². The van der Waals surface area contributed by atoms with Gasteiger partial charge in [0.15, 0.2) is 5.78 Å². The summed E-state index contributed by atoms with van der Waals surface area (Å²) in [5.41, 5.74) is 0.598. The fourth-order valence-corrected chi connectivity index (χ4v) is 2.42. The summed E-state index contributed by atoms with van der Waals surface area (Å²) < 4.78 is 0. The molecule has 1 fully saturated rings. The van der Waals surface area contributed by atoms with Crippen molar-refractivity contribution in [3.63, 3.8) is 0 Å². The zero-order valence-electron chi connectivity index (χ0n) is 9.70. The lowest BCUT2D eigenvalue weighted by molar-refractivity contribution is 0.0116. The molecule has 2 nitrogen and oxygen atoms in total. The molecule has 0 heterocycles. The Morgan fingerprint density at radius 1 is 1.25 bits per heavy atom. The number of aliphatic hydroxyl groups is 1. The topological polar surface area (TPSA) is 37.3 Å². The molecule has 0 spiro atoms. The first-order chi connectivity index (χ1) is 7.62. The van der Waals surface area contributed by atoms with Crippen LogP contribution in [0, 0.1) is 6.92 Å². The van der Waals surface area contributed by atoms with Gasteiger partial charge in [-0.2, -0.15) is 0 Å². The van der Waals surface area contributed by atoms with Crippen molar-refractivity contribution in [3.8, 4) is 0 Å². The van der Waals surface area contributed by atoms with Gasteiger partial charge in [-0.05, 0) is 25.8 Å². The first kappa shape index (κ1) is 11.3. The molecule has 2 heteroatoms. The predicted molar refractivity (Wildman–Crippen MR) is 63.5 cm³/mol. The minimum absolute atomic E-state index is 0.101. The summed E-state index contributed by atoms with van der Waals surface area (Å²) >= 11 is 0. The average molecular weight is 218 g/mol. The standard InChI is InChI=1S/C14H18O2/c1-11-6-5-7-12(10-11)13(15)14(16)8-3-2-4-9-14/h5-7,10,16H,2-4,8-9H2,1H3. The lowest BCUT2D eigenvalue weighted by atomic mass is 9.79. The number of carbonyl (C=O) groups excluding carboxylic acids is 1. The third kappa shape index (κ3) is 2.17. The Balaban J connectivity index is 2.24. The van der Waals surface area contributed by atoms with Crippen molar-refractivity contribution in [1.29, 1.82) is 0 Å². The number of carbonyl (C=O) groups is 1. The Morgan fingerprint density at radius 2 is 1.94 bits per heavy atom. The second-order valence-corrected chi connectivity index (χ2v) is 4.79. The van der Waals surface area contributed by atoms with E-state index in [1.54, 1.807) is 6.07 Å². The van der Waals surface area contributed by atoms with Gasteiger partial charge in [-0.25, -0.2) is 0 Å². The molecule has 0 radical (unpaired) electrons. The number of ketones is 1. The zero-order valence-corrected chi connectivity index (χ0v) is 9.70. The number of benzene rings is 1. The maximum Gasteiger partial charge on any atom is 0.194 e. The highest BCUT2D eigenvalue weighted by Crippen LogP contribution is 2.31. The van der Waals surface area contributed by atoms with Crippen LogP contribution >= 0.6 is 0 Å². The van der Waals surface area contributed by atoms with Crippen molar-refractivity contribution in [2.45, 2.75) is 44.6 Å². The van der Waals surface area contributed by atoms with Crippen molar-refractivity contribution in [2.75, 3.05) is 0 Å². The maximum atomic E-state index is 12.2. The van der Waals surface area contributed by atoms with Gasteiger partial charge in [-0.1, -0.05) is 43.0 Å².